The smallest absolute Gasteiger partial charge is 0.257 e. The molecule has 0 bridgehead atoms. The molecule has 41 heavy (non-hydrogen) atoms. The lowest BCUT2D eigenvalue weighted by Crippen LogP contribution is -2.37. The molecular weight excluding hydrogens is 512 g/mol. The molecular formula is C33H32N6O2. The van der Waals surface area contributed by atoms with E-state index in [-0.39, 0.29) is 11.7 Å². The van der Waals surface area contributed by atoms with Gasteiger partial charge in [0.2, 0.25) is 0 Å². The molecule has 8 nitrogen and oxygen atoms in total. The third kappa shape index (κ3) is 5.21. The zero-order valence-electron chi connectivity index (χ0n) is 22.9. The minimum Gasteiger partial charge on any atom is -0.490 e. The number of pyridine rings is 1. The lowest BCUT2D eigenvalue weighted by atomic mass is 10.0. The van der Waals surface area contributed by atoms with Crippen molar-refractivity contribution in [1.82, 2.24) is 24.8 Å². The highest BCUT2D eigenvalue weighted by Crippen LogP contribution is 2.28. The molecule has 1 fully saturated rings. The van der Waals surface area contributed by atoms with Crippen LogP contribution in [0.2, 0.25) is 0 Å². The zero-order chi connectivity index (χ0) is 27.9. The number of aryl methyl sites for hydroxylation is 1. The normalized spacial score (nSPS) is 14.7. The van der Waals surface area contributed by atoms with E-state index in [0.717, 1.165) is 76.9 Å². The van der Waals surface area contributed by atoms with Crippen LogP contribution in [-0.2, 0) is 6.54 Å². The van der Waals surface area contributed by atoms with E-state index in [1.54, 1.807) is 12.4 Å². The van der Waals surface area contributed by atoms with Crippen molar-refractivity contribution in [3.8, 4) is 28.1 Å². The summed E-state index contributed by atoms with van der Waals surface area (Å²) in [6.45, 7) is 5.00. The van der Waals surface area contributed by atoms with Crippen LogP contribution in [0.5, 0.6) is 5.75 Å². The van der Waals surface area contributed by atoms with Gasteiger partial charge in [0.1, 0.15) is 11.9 Å². The van der Waals surface area contributed by atoms with E-state index in [9.17, 15) is 4.79 Å². The Bertz CT molecular complexity index is 1910. The largest absolute Gasteiger partial charge is 0.490 e. The van der Waals surface area contributed by atoms with Gasteiger partial charge >= 0.3 is 0 Å². The Labute approximate surface area is 237 Å². The first-order valence-corrected chi connectivity index (χ1v) is 14.0. The Morgan fingerprint density at radius 1 is 0.902 bits per heavy atom. The second-order valence-electron chi connectivity index (χ2n) is 11.0. The van der Waals surface area contributed by atoms with Crippen LogP contribution in [0.25, 0.3) is 44.2 Å². The SMILES string of the molecule is Cc1ccc(OC2CCN(Cc3ccc4[nH]c(-c5cc6cc(-c7cnn(N)c7)ccc6[nH]c5=O)cc4c3)CC2)cc1. The quantitative estimate of drug-likeness (QED) is 0.237. The number of aromatic amines is 2. The molecule has 4 N–H and O–H groups in total. The molecule has 3 aromatic heterocycles. The Morgan fingerprint density at radius 2 is 1.66 bits per heavy atom. The summed E-state index contributed by atoms with van der Waals surface area (Å²) in [6, 6.07) is 24.7. The topological polar surface area (TPSA) is 105 Å². The number of nitrogens with zero attached hydrogens (tertiary/aromatic N) is 3. The molecule has 0 radical (unpaired) electrons. The first-order chi connectivity index (χ1) is 20.0. The maximum Gasteiger partial charge on any atom is 0.257 e. The number of hydrogen-bond donors (Lipinski definition) is 3. The van der Waals surface area contributed by atoms with Crippen LogP contribution in [0.15, 0.2) is 90.0 Å². The molecule has 0 spiro atoms. The van der Waals surface area contributed by atoms with Gasteiger partial charge in [0, 0.05) is 41.6 Å². The first-order valence-electron chi connectivity index (χ1n) is 14.0. The number of fused-ring (bicyclic) bond motifs is 2. The number of ether oxygens (including phenoxy) is 1. The first kappa shape index (κ1) is 25.2. The van der Waals surface area contributed by atoms with Crippen molar-refractivity contribution in [3.05, 3.63) is 107 Å². The molecule has 3 aromatic carbocycles. The van der Waals surface area contributed by atoms with Gasteiger partial charge in [-0.3, -0.25) is 9.69 Å². The monoisotopic (exact) mass is 544 g/mol. The van der Waals surface area contributed by atoms with Gasteiger partial charge < -0.3 is 20.5 Å². The van der Waals surface area contributed by atoms with Crippen molar-refractivity contribution in [2.75, 3.05) is 18.9 Å². The molecule has 206 valence electrons. The molecule has 0 unspecified atom stereocenters. The summed E-state index contributed by atoms with van der Waals surface area (Å²) in [4.78, 5) is 23.3. The van der Waals surface area contributed by atoms with Gasteiger partial charge in [-0.2, -0.15) is 9.89 Å². The molecule has 0 amide bonds. The summed E-state index contributed by atoms with van der Waals surface area (Å²) in [5.41, 5.74) is 7.50. The van der Waals surface area contributed by atoms with E-state index >= 15 is 0 Å². The second kappa shape index (κ2) is 10.3. The van der Waals surface area contributed by atoms with Crippen LogP contribution in [0.4, 0.5) is 0 Å². The van der Waals surface area contributed by atoms with Crippen molar-refractivity contribution in [1.29, 1.82) is 0 Å². The summed E-state index contributed by atoms with van der Waals surface area (Å²) < 4.78 is 6.21. The van der Waals surface area contributed by atoms with Gasteiger partial charge in [-0.05, 0) is 84.8 Å². The number of likely N-dealkylation sites (tertiary alicyclic amines) is 1. The van der Waals surface area contributed by atoms with Crippen molar-refractivity contribution in [2.45, 2.75) is 32.4 Å². The van der Waals surface area contributed by atoms with E-state index in [4.69, 9.17) is 10.6 Å². The van der Waals surface area contributed by atoms with Crippen molar-refractivity contribution < 1.29 is 4.74 Å². The van der Waals surface area contributed by atoms with Crippen LogP contribution < -0.4 is 16.1 Å². The van der Waals surface area contributed by atoms with E-state index < -0.39 is 0 Å². The van der Waals surface area contributed by atoms with Gasteiger partial charge in [-0.25, -0.2) is 0 Å². The number of benzene rings is 3. The standard InChI is InChI=1S/C33H32N6O2/c1-21-2-6-27(7-3-21)41-28-10-12-38(13-11-28)19-22-4-8-30-24(14-22)17-32(36-30)29-16-25-15-23(26-18-35-39(34)20-26)5-9-31(25)37-33(29)40/h2-9,14-18,20,28,36H,10-13,19,34H2,1H3,(H,37,40). The van der Waals surface area contributed by atoms with E-state index in [2.05, 4.69) is 75.4 Å². The number of nitrogens with one attached hydrogen (secondary N) is 2. The summed E-state index contributed by atoms with van der Waals surface area (Å²) in [7, 11) is 0. The predicted octanol–water partition coefficient (Wildman–Crippen LogP) is 5.61. The highest BCUT2D eigenvalue weighted by Gasteiger charge is 2.21. The van der Waals surface area contributed by atoms with E-state index in [0.29, 0.717) is 5.56 Å². The average molecular weight is 545 g/mol. The summed E-state index contributed by atoms with van der Waals surface area (Å²) >= 11 is 0. The molecule has 7 rings (SSSR count). The lowest BCUT2D eigenvalue weighted by Gasteiger charge is -2.32. The van der Waals surface area contributed by atoms with Crippen LogP contribution in [0.3, 0.4) is 0 Å². The fourth-order valence-electron chi connectivity index (χ4n) is 5.75. The molecule has 4 heterocycles. The fourth-order valence-corrected chi connectivity index (χ4v) is 5.75. The van der Waals surface area contributed by atoms with Crippen LogP contribution in [0, 0.1) is 6.92 Å². The lowest BCUT2D eigenvalue weighted by molar-refractivity contribution is 0.0968. The van der Waals surface area contributed by atoms with Gasteiger partial charge in [0.25, 0.3) is 5.56 Å². The van der Waals surface area contributed by atoms with Gasteiger partial charge in [-0.15, -0.1) is 0 Å². The Morgan fingerprint density at radius 3 is 2.44 bits per heavy atom. The highest BCUT2D eigenvalue weighted by molar-refractivity contribution is 5.90. The maximum absolute atomic E-state index is 13.0. The predicted molar refractivity (Wildman–Crippen MR) is 163 cm³/mol. The third-order valence-electron chi connectivity index (χ3n) is 8.02. The maximum atomic E-state index is 13.0. The second-order valence-corrected chi connectivity index (χ2v) is 11.0. The van der Waals surface area contributed by atoms with Crippen molar-refractivity contribution in [2.24, 2.45) is 0 Å². The van der Waals surface area contributed by atoms with Crippen LogP contribution >= 0.6 is 0 Å². The summed E-state index contributed by atoms with van der Waals surface area (Å²) in [5.74, 6) is 6.69. The molecule has 0 aliphatic carbocycles. The molecule has 0 saturated carbocycles. The average Bonchev–Trinajstić information content (AvgIpc) is 3.60. The van der Waals surface area contributed by atoms with Crippen LogP contribution in [-0.4, -0.2) is 44.0 Å². The number of H-pyrrole nitrogens is 2. The number of rotatable bonds is 6. The van der Waals surface area contributed by atoms with E-state index in [1.165, 1.54) is 15.9 Å². The van der Waals surface area contributed by atoms with Crippen molar-refractivity contribution >= 4 is 21.8 Å². The Balaban J connectivity index is 1.07. The number of nitrogens with two attached hydrogens (primary N) is 1. The molecule has 1 aliphatic rings. The summed E-state index contributed by atoms with van der Waals surface area (Å²) in [6.07, 6.45) is 5.80. The minimum absolute atomic E-state index is 0.123. The molecule has 1 aliphatic heterocycles. The van der Waals surface area contributed by atoms with E-state index in [1.807, 2.05) is 24.3 Å². The molecule has 1 saturated heterocycles. The van der Waals surface area contributed by atoms with Crippen molar-refractivity contribution in [3.63, 3.8) is 0 Å². The highest BCUT2D eigenvalue weighted by atomic mass is 16.5. The number of piperidine rings is 1. The van der Waals surface area contributed by atoms with Crippen LogP contribution in [0.1, 0.15) is 24.0 Å². The Hall–Kier alpha value is -4.82. The number of aromatic nitrogens is 4. The number of nitrogen functional groups attached to an aromatic ring is 1. The summed E-state index contributed by atoms with van der Waals surface area (Å²) in [5, 5.41) is 6.10. The molecule has 0 atom stereocenters. The number of hydrogen-bond acceptors (Lipinski definition) is 5. The van der Waals surface area contributed by atoms with Gasteiger partial charge in [-0.1, -0.05) is 29.8 Å². The van der Waals surface area contributed by atoms with Gasteiger partial charge in [0.05, 0.1) is 23.7 Å². The minimum atomic E-state index is -0.123. The molecule has 8 heteroatoms. The fraction of sp³-hybridized carbons (Fsp3) is 0.212. The Kier molecular flexibility index (Phi) is 6.32. The third-order valence-corrected chi connectivity index (χ3v) is 8.02. The van der Waals surface area contributed by atoms with Gasteiger partial charge in [0.15, 0.2) is 0 Å². The zero-order valence-corrected chi connectivity index (χ0v) is 22.9. The molecule has 6 aromatic rings.